The van der Waals surface area contributed by atoms with E-state index in [0.717, 1.165) is 0 Å². The Bertz CT molecular complexity index is 1980. The zero-order valence-corrected chi connectivity index (χ0v) is 43.0. The Balaban J connectivity index is 0.959. The largest absolute Gasteiger partial charge is 0.394 e. The molecule has 37 nitrogen and oxygen atoms in total. The number of ether oxygens (including phenoxy) is 17. The molecule has 9 aliphatic heterocycles. The van der Waals surface area contributed by atoms with Crippen molar-refractivity contribution in [3.8, 4) is 0 Å². The van der Waals surface area contributed by atoms with Crippen molar-refractivity contribution in [2.75, 3.05) is 59.5 Å². The fraction of sp³-hybridized carbons (Fsp3) is 1.00. The number of hydrogen-bond donors (Lipinski definition) is 20. The summed E-state index contributed by atoms with van der Waals surface area (Å²) in [6, 6.07) is 0. The third-order valence-corrected chi connectivity index (χ3v) is 15.5. The Hall–Kier alpha value is -1.48. The number of rotatable bonds is 19. The fourth-order valence-corrected chi connectivity index (χ4v) is 10.5. The molecule has 9 fully saturated rings. The van der Waals surface area contributed by atoms with E-state index in [2.05, 4.69) is 0 Å². The van der Waals surface area contributed by atoms with E-state index in [1.54, 1.807) is 0 Å². The molecule has 0 aromatic heterocycles. The zero-order valence-electron chi connectivity index (χ0n) is 43.0. The maximum Gasteiger partial charge on any atom is 0.187 e. The standard InChI is InChI=1S/C45H74O37/c46-1-11-20(51)30(61)42(72-11)80-34-17(78-40-29(60)24(55)15(6-69-40)76-38-27(58)19(50)10(49)4-67-38)8-70-41(33(34)64)79-18-9-71-45(77-16-7-68-39(28(59)25(16)56)75-14-5-66-37(65)26(57)23(14)54)36(82-44-32(63)22(53)13(3-48)74-44)35(18)81-43-31(62)21(52)12(2-47)73-43/h10-65H,1-9H2/t10-,11+,12+,13+,14-,15-,16-,17-,18-,19+,20+,21+,22+,23+,24+,25+,26-,27-,28-,29-,30-,31-,32-,33-,34+,35+,36-,37-,38+,39+,40+,41+,42+,43+,44+,45+/m1/s1. The normalized spacial score (nSPS) is 54.1. The molecule has 0 aromatic carbocycles. The zero-order chi connectivity index (χ0) is 59.2. The molecule has 36 atom stereocenters. The van der Waals surface area contributed by atoms with E-state index in [9.17, 15) is 102 Å². The van der Waals surface area contributed by atoms with Crippen LogP contribution >= 0.6 is 0 Å². The molecule has 9 rings (SSSR count). The van der Waals surface area contributed by atoms with Gasteiger partial charge in [-0.25, -0.2) is 0 Å². The molecule has 0 amide bonds. The lowest BCUT2D eigenvalue weighted by molar-refractivity contribution is -0.390. The first kappa shape index (κ1) is 65.0. The molecule has 0 aromatic rings. The van der Waals surface area contributed by atoms with Crippen LogP contribution in [0.15, 0.2) is 0 Å². The molecule has 0 bridgehead atoms. The third-order valence-electron chi connectivity index (χ3n) is 15.5. The molecular weight excluding hydrogens is 1130 g/mol. The van der Waals surface area contributed by atoms with Crippen LogP contribution in [0.2, 0.25) is 0 Å². The van der Waals surface area contributed by atoms with Gasteiger partial charge in [-0.05, 0) is 0 Å². The number of hydrogen-bond acceptors (Lipinski definition) is 37. The maximum atomic E-state index is 12.2. The third kappa shape index (κ3) is 13.6. The molecule has 9 heterocycles. The lowest BCUT2D eigenvalue weighted by Gasteiger charge is -2.48. The second-order valence-electron chi connectivity index (χ2n) is 21.0. The van der Waals surface area contributed by atoms with Crippen molar-refractivity contribution in [2.24, 2.45) is 0 Å². The molecular formula is C45H74O37. The summed E-state index contributed by atoms with van der Waals surface area (Å²) in [5, 5.41) is 213. The lowest BCUT2D eigenvalue weighted by atomic mass is 10.0. The molecule has 476 valence electrons. The number of aliphatic hydroxyl groups is 20. The van der Waals surface area contributed by atoms with Gasteiger partial charge in [0.2, 0.25) is 0 Å². The van der Waals surface area contributed by atoms with E-state index in [4.69, 9.17) is 80.5 Å². The summed E-state index contributed by atoms with van der Waals surface area (Å²) in [5.41, 5.74) is 0. The molecule has 9 saturated heterocycles. The molecule has 37 heteroatoms. The summed E-state index contributed by atoms with van der Waals surface area (Å²) in [6.45, 7) is -6.14. The average molecular weight is 1210 g/mol. The van der Waals surface area contributed by atoms with Crippen molar-refractivity contribution in [1.82, 2.24) is 0 Å². The Morgan fingerprint density at radius 2 is 0.549 bits per heavy atom. The van der Waals surface area contributed by atoms with Crippen LogP contribution in [0.5, 0.6) is 0 Å². The number of aliphatic hydroxyl groups excluding tert-OH is 20. The summed E-state index contributed by atoms with van der Waals surface area (Å²) in [5.74, 6) is 0. The molecule has 0 saturated carbocycles. The van der Waals surface area contributed by atoms with Crippen LogP contribution in [0.1, 0.15) is 0 Å². The topological polar surface area (TPSA) is 562 Å². The van der Waals surface area contributed by atoms with Gasteiger partial charge in [0.15, 0.2) is 56.6 Å². The highest BCUT2D eigenvalue weighted by molar-refractivity contribution is 4.99. The summed E-state index contributed by atoms with van der Waals surface area (Å²) in [7, 11) is 0. The minimum atomic E-state index is -2.14. The van der Waals surface area contributed by atoms with Gasteiger partial charge in [-0.1, -0.05) is 0 Å². The lowest BCUT2D eigenvalue weighted by Crippen LogP contribution is -2.65. The first-order chi connectivity index (χ1) is 39.0. The van der Waals surface area contributed by atoms with Crippen molar-refractivity contribution in [1.29, 1.82) is 0 Å². The van der Waals surface area contributed by atoms with Gasteiger partial charge in [0.25, 0.3) is 0 Å². The van der Waals surface area contributed by atoms with Gasteiger partial charge in [0.05, 0.1) is 59.5 Å². The minimum absolute atomic E-state index is 0.459. The van der Waals surface area contributed by atoms with Crippen molar-refractivity contribution in [2.45, 2.75) is 221 Å². The Morgan fingerprint density at radius 3 is 0.988 bits per heavy atom. The second kappa shape index (κ2) is 27.9. The van der Waals surface area contributed by atoms with E-state index >= 15 is 0 Å². The van der Waals surface area contributed by atoms with Crippen LogP contribution in [0, 0.1) is 0 Å². The van der Waals surface area contributed by atoms with E-state index in [1.807, 2.05) is 0 Å². The van der Waals surface area contributed by atoms with Gasteiger partial charge in [-0.3, -0.25) is 0 Å². The first-order valence-electron chi connectivity index (χ1n) is 26.3. The SMILES string of the molecule is OC[C@@H]1O[C@@H](O[C@@H]2[C@@H](O)[C@H](O[C@@H]3CO[C@@H](O[C@@H]4CO[C@@H](O[C@@H]5CO[C@@H](O)[C@H](O)[C@H]5O)[C@H](O)[C@H]4O)[C@H](O[C@@H]4O[C@@H](CO)[C@H](O)[C@H]4O)[C@H]3O[C@@H]3O[C@@H](CO)[C@H](O)[C@H]3O)OC[C@H]2O[C@@H]2OC[C@@H](O[C@@H]3OC[C@@H](O)[C@H](O)[C@H]3O)[C@H](O)[C@H]2O)[C@H](O)[C@H]1O. The van der Waals surface area contributed by atoms with Crippen LogP contribution in [0.4, 0.5) is 0 Å². The highest BCUT2D eigenvalue weighted by Crippen LogP contribution is 2.38. The molecule has 0 aliphatic carbocycles. The van der Waals surface area contributed by atoms with Crippen LogP contribution in [0.3, 0.4) is 0 Å². The second-order valence-corrected chi connectivity index (χ2v) is 21.0. The van der Waals surface area contributed by atoms with E-state index in [-0.39, 0.29) is 0 Å². The van der Waals surface area contributed by atoms with Crippen LogP contribution in [0.25, 0.3) is 0 Å². The van der Waals surface area contributed by atoms with Gasteiger partial charge in [-0.2, -0.15) is 0 Å². The smallest absolute Gasteiger partial charge is 0.187 e. The Morgan fingerprint density at radius 1 is 0.244 bits per heavy atom. The van der Waals surface area contributed by atoms with Crippen molar-refractivity contribution < 1.29 is 183 Å². The predicted molar refractivity (Wildman–Crippen MR) is 243 cm³/mol. The maximum absolute atomic E-state index is 12.2. The van der Waals surface area contributed by atoms with Crippen molar-refractivity contribution >= 4 is 0 Å². The molecule has 0 radical (unpaired) electrons. The molecule has 82 heavy (non-hydrogen) atoms. The van der Waals surface area contributed by atoms with Gasteiger partial charge < -0.3 is 183 Å². The summed E-state index contributed by atoms with van der Waals surface area (Å²) >= 11 is 0. The minimum Gasteiger partial charge on any atom is -0.394 e. The van der Waals surface area contributed by atoms with Gasteiger partial charge >= 0.3 is 0 Å². The summed E-state index contributed by atoms with van der Waals surface area (Å²) in [6.07, 6.45) is -63.7. The molecule has 0 spiro atoms. The predicted octanol–water partition coefficient (Wildman–Crippen LogP) is -14.9. The van der Waals surface area contributed by atoms with E-state index in [1.165, 1.54) is 0 Å². The van der Waals surface area contributed by atoms with Crippen molar-refractivity contribution in [3.05, 3.63) is 0 Å². The first-order valence-corrected chi connectivity index (χ1v) is 26.3. The summed E-state index contributed by atoms with van der Waals surface area (Å²) < 4.78 is 98.2. The van der Waals surface area contributed by atoms with Gasteiger partial charge in [0, 0.05) is 0 Å². The Labute approximate surface area is 463 Å². The van der Waals surface area contributed by atoms with E-state index < -0.39 is 281 Å². The molecule has 0 unspecified atom stereocenters. The van der Waals surface area contributed by atoms with Gasteiger partial charge in [-0.15, -0.1) is 0 Å². The van der Waals surface area contributed by atoms with Crippen LogP contribution in [-0.2, 0) is 80.5 Å². The highest BCUT2D eigenvalue weighted by atomic mass is 16.8. The van der Waals surface area contributed by atoms with Crippen LogP contribution in [-0.4, -0.2) is 383 Å². The van der Waals surface area contributed by atoms with E-state index in [0.29, 0.717) is 0 Å². The Kier molecular flexibility index (Phi) is 22.1. The molecule has 9 aliphatic rings. The summed E-state index contributed by atoms with van der Waals surface area (Å²) in [4.78, 5) is 0. The fourth-order valence-electron chi connectivity index (χ4n) is 10.5. The molecule has 20 N–H and O–H groups in total. The van der Waals surface area contributed by atoms with Gasteiger partial charge in [0.1, 0.15) is 165 Å². The van der Waals surface area contributed by atoms with Crippen molar-refractivity contribution in [3.63, 3.8) is 0 Å². The van der Waals surface area contributed by atoms with Crippen LogP contribution < -0.4 is 0 Å². The average Bonchev–Trinajstić information content (AvgIpc) is 4.18. The quantitative estimate of drug-likeness (QED) is 0.0571. The monoisotopic (exact) mass is 1210 g/mol. The highest BCUT2D eigenvalue weighted by Gasteiger charge is 2.58.